The van der Waals surface area contributed by atoms with Crippen LogP contribution >= 0.6 is 0 Å². The molecule has 24 heavy (non-hydrogen) atoms. The Balaban J connectivity index is 1.65. The van der Waals surface area contributed by atoms with Crippen molar-refractivity contribution in [3.8, 4) is 0 Å². The average molecular weight is 319 g/mol. The molecule has 1 aromatic carbocycles. The van der Waals surface area contributed by atoms with E-state index >= 15 is 0 Å². The van der Waals surface area contributed by atoms with Crippen LogP contribution in [0.25, 0.3) is 10.9 Å². The second-order valence-electron chi connectivity index (χ2n) is 7.24. The molecule has 122 valence electrons. The lowest BCUT2D eigenvalue weighted by molar-refractivity contribution is 0.0885. The van der Waals surface area contributed by atoms with Crippen LogP contribution in [0.2, 0.25) is 0 Å². The van der Waals surface area contributed by atoms with Crippen LogP contribution in [-0.2, 0) is 13.0 Å². The van der Waals surface area contributed by atoms with Crippen LogP contribution in [0.5, 0.6) is 0 Å². The van der Waals surface area contributed by atoms with Crippen molar-refractivity contribution >= 4 is 16.7 Å². The molecule has 0 fully saturated rings. The van der Waals surface area contributed by atoms with Gasteiger partial charge in [-0.3, -0.25) is 4.79 Å². The van der Waals surface area contributed by atoms with Gasteiger partial charge < -0.3 is 9.55 Å². The van der Waals surface area contributed by atoms with E-state index in [-0.39, 0.29) is 5.92 Å². The van der Waals surface area contributed by atoms with E-state index in [0.29, 0.717) is 11.7 Å². The summed E-state index contributed by atoms with van der Waals surface area (Å²) in [6.07, 6.45) is 5.86. The zero-order valence-electron chi connectivity index (χ0n) is 13.9. The summed E-state index contributed by atoms with van der Waals surface area (Å²) < 4.78 is 2.41. The molecule has 2 unspecified atom stereocenters. The first-order chi connectivity index (χ1) is 11.7. The van der Waals surface area contributed by atoms with E-state index in [9.17, 15) is 4.79 Å². The van der Waals surface area contributed by atoms with E-state index < -0.39 is 0 Å². The van der Waals surface area contributed by atoms with Gasteiger partial charge in [-0.05, 0) is 32.3 Å². The van der Waals surface area contributed by atoms with Crippen molar-refractivity contribution in [3.05, 3.63) is 53.2 Å². The quantitative estimate of drug-likeness (QED) is 0.776. The molecule has 2 aromatic heterocycles. The summed E-state index contributed by atoms with van der Waals surface area (Å²) in [7, 11) is 0. The van der Waals surface area contributed by atoms with Crippen molar-refractivity contribution < 1.29 is 4.79 Å². The number of Topliss-reactive ketones (excluding diaryl/α,β-unsaturated/α-hetero) is 1. The minimum absolute atomic E-state index is 0.0573. The van der Waals surface area contributed by atoms with Gasteiger partial charge in [0.2, 0.25) is 0 Å². The molecular formula is C20H21N3O. The number of carbonyl (C=O) groups is 1. The first-order valence-corrected chi connectivity index (χ1v) is 8.88. The number of hydrogen-bond donors (Lipinski definition) is 1. The van der Waals surface area contributed by atoms with Crippen molar-refractivity contribution in [2.24, 2.45) is 5.92 Å². The van der Waals surface area contributed by atoms with Crippen molar-refractivity contribution in [1.29, 1.82) is 0 Å². The van der Waals surface area contributed by atoms with Gasteiger partial charge in [-0.15, -0.1) is 0 Å². The number of aryl methyl sites for hydroxylation is 2. The number of rotatable bonds is 2. The lowest BCUT2D eigenvalue weighted by Gasteiger charge is -2.33. The predicted molar refractivity (Wildman–Crippen MR) is 93.4 cm³/mol. The molecule has 1 aliphatic carbocycles. The summed E-state index contributed by atoms with van der Waals surface area (Å²) in [4.78, 5) is 20.9. The number of para-hydroxylation sites is 1. The number of aromatic nitrogens is 3. The molecule has 1 aliphatic heterocycles. The third-order valence-electron chi connectivity index (χ3n) is 5.89. The molecule has 3 heterocycles. The van der Waals surface area contributed by atoms with E-state index in [1.54, 1.807) is 6.33 Å². The minimum Gasteiger partial charge on any atom is -0.348 e. The van der Waals surface area contributed by atoms with Crippen LogP contribution < -0.4 is 0 Å². The van der Waals surface area contributed by atoms with Crippen molar-refractivity contribution in [2.75, 3.05) is 0 Å². The van der Waals surface area contributed by atoms with Crippen LogP contribution in [0.3, 0.4) is 0 Å². The highest BCUT2D eigenvalue weighted by molar-refractivity contribution is 6.11. The summed E-state index contributed by atoms with van der Waals surface area (Å²) in [5.41, 5.74) is 5.66. The third kappa shape index (κ3) is 1.86. The molecule has 0 saturated carbocycles. The Morgan fingerprint density at radius 2 is 2.21 bits per heavy atom. The number of nitrogens with one attached hydrogen (secondary N) is 1. The van der Waals surface area contributed by atoms with E-state index in [1.807, 2.05) is 6.92 Å². The molecule has 0 radical (unpaired) electrons. The summed E-state index contributed by atoms with van der Waals surface area (Å²) in [6.45, 7) is 3.08. The van der Waals surface area contributed by atoms with Crippen LogP contribution in [0.4, 0.5) is 0 Å². The Hall–Kier alpha value is -2.36. The molecule has 4 nitrogen and oxygen atoms in total. The molecule has 1 N–H and O–H groups in total. The fourth-order valence-corrected chi connectivity index (χ4v) is 4.77. The molecule has 0 saturated heterocycles. The molecule has 4 heteroatoms. The minimum atomic E-state index is 0.0573. The standard InChI is InChI=1S/C20H21N3O/c1-12-16(22-11-21-12)10-14-9-13-5-4-8-23-17-7-3-2-6-15(17)18(19(13)23)20(14)24/h2-3,6-7,11,13-14H,4-5,8-10H2,1H3,(H,21,22). The predicted octanol–water partition coefficient (Wildman–Crippen LogP) is 4.00. The smallest absolute Gasteiger partial charge is 0.168 e. The third-order valence-corrected chi connectivity index (χ3v) is 5.89. The number of fused-ring (bicyclic) bond motifs is 3. The second kappa shape index (κ2) is 5.07. The number of imidazole rings is 1. The molecule has 2 aliphatic rings. The van der Waals surface area contributed by atoms with E-state index in [0.717, 1.165) is 41.7 Å². The van der Waals surface area contributed by atoms with Crippen LogP contribution in [0.1, 0.15) is 52.6 Å². The lowest BCUT2D eigenvalue weighted by Crippen LogP contribution is -2.30. The summed E-state index contributed by atoms with van der Waals surface area (Å²) in [5.74, 6) is 0.894. The molecule has 0 amide bonds. The first kappa shape index (κ1) is 14.0. The Kier molecular flexibility index (Phi) is 2.96. The van der Waals surface area contributed by atoms with Crippen LogP contribution in [0.15, 0.2) is 30.6 Å². The maximum Gasteiger partial charge on any atom is 0.168 e. The van der Waals surface area contributed by atoms with Gasteiger partial charge in [-0.2, -0.15) is 0 Å². The number of ketones is 1. The van der Waals surface area contributed by atoms with Gasteiger partial charge in [0.1, 0.15) is 0 Å². The summed E-state index contributed by atoms with van der Waals surface area (Å²) in [5, 5.41) is 1.15. The SMILES string of the molecule is Cc1[nH]cnc1CC1CC2CCCn3c2c(c2ccccc23)C1=O. The Morgan fingerprint density at radius 1 is 1.33 bits per heavy atom. The lowest BCUT2D eigenvalue weighted by atomic mass is 9.74. The largest absolute Gasteiger partial charge is 0.348 e. The Labute approximate surface area is 140 Å². The topological polar surface area (TPSA) is 50.7 Å². The number of hydrogen-bond acceptors (Lipinski definition) is 2. The summed E-state index contributed by atoms with van der Waals surface area (Å²) >= 11 is 0. The fraction of sp³-hybridized carbons (Fsp3) is 0.400. The summed E-state index contributed by atoms with van der Waals surface area (Å²) in [6, 6.07) is 8.41. The van der Waals surface area contributed by atoms with Gasteiger partial charge in [0.25, 0.3) is 0 Å². The van der Waals surface area contributed by atoms with Crippen molar-refractivity contribution in [1.82, 2.24) is 14.5 Å². The number of carbonyl (C=O) groups excluding carboxylic acids is 1. The zero-order chi connectivity index (χ0) is 16.3. The average Bonchev–Trinajstić information content (AvgIpc) is 3.15. The number of aromatic amines is 1. The van der Waals surface area contributed by atoms with Gasteiger partial charge in [-0.25, -0.2) is 4.98 Å². The van der Waals surface area contributed by atoms with E-state index in [4.69, 9.17) is 0 Å². The van der Waals surface area contributed by atoms with Crippen molar-refractivity contribution in [2.45, 2.75) is 45.1 Å². The number of H-pyrrole nitrogens is 1. The fourth-order valence-electron chi connectivity index (χ4n) is 4.77. The molecule has 2 atom stereocenters. The number of benzene rings is 1. The normalized spacial score (nSPS) is 22.8. The van der Waals surface area contributed by atoms with Gasteiger partial charge in [-0.1, -0.05) is 18.2 Å². The highest BCUT2D eigenvalue weighted by atomic mass is 16.1. The monoisotopic (exact) mass is 319 g/mol. The molecular weight excluding hydrogens is 298 g/mol. The van der Waals surface area contributed by atoms with E-state index in [1.165, 1.54) is 24.1 Å². The number of nitrogens with zero attached hydrogens (tertiary/aromatic N) is 2. The van der Waals surface area contributed by atoms with Gasteiger partial charge in [0.15, 0.2) is 5.78 Å². The van der Waals surface area contributed by atoms with E-state index in [2.05, 4.69) is 38.8 Å². The maximum absolute atomic E-state index is 13.3. The maximum atomic E-state index is 13.3. The molecule has 0 spiro atoms. The zero-order valence-corrected chi connectivity index (χ0v) is 13.9. The van der Waals surface area contributed by atoms with Gasteiger partial charge in [0, 0.05) is 52.7 Å². The Morgan fingerprint density at radius 3 is 3.04 bits per heavy atom. The highest BCUT2D eigenvalue weighted by Gasteiger charge is 2.39. The Bertz CT molecular complexity index is 949. The van der Waals surface area contributed by atoms with Gasteiger partial charge >= 0.3 is 0 Å². The van der Waals surface area contributed by atoms with Crippen molar-refractivity contribution in [3.63, 3.8) is 0 Å². The first-order valence-electron chi connectivity index (χ1n) is 8.88. The highest BCUT2D eigenvalue weighted by Crippen LogP contribution is 2.45. The second-order valence-corrected chi connectivity index (χ2v) is 7.24. The van der Waals surface area contributed by atoms with Crippen LogP contribution in [-0.4, -0.2) is 20.3 Å². The molecule has 5 rings (SSSR count). The molecule has 0 bridgehead atoms. The van der Waals surface area contributed by atoms with Crippen LogP contribution in [0, 0.1) is 12.8 Å². The molecule has 3 aromatic rings. The van der Waals surface area contributed by atoms with Gasteiger partial charge in [0.05, 0.1) is 12.0 Å².